The van der Waals surface area contributed by atoms with E-state index in [1.807, 2.05) is 0 Å². The van der Waals surface area contributed by atoms with Crippen LogP contribution >= 0.6 is 0 Å². The summed E-state index contributed by atoms with van der Waals surface area (Å²) >= 11 is 0. The number of rotatable bonds is 1. The van der Waals surface area contributed by atoms with Gasteiger partial charge in [-0.25, -0.2) is 0 Å². The molecule has 0 heterocycles. The Morgan fingerprint density at radius 3 is 2.00 bits per heavy atom. The Morgan fingerprint density at radius 1 is 1.86 bits per heavy atom. The molecule has 0 rings (SSSR count). The molecule has 0 aromatic rings. The zero-order chi connectivity index (χ0) is 5.15. The van der Waals surface area contributed by atoms with Gasteiger partial charge in [0.2, 0.25) is 0 Å². The summed E-state index contributed by atoms with van der Waals surface area (Å²) in [6.45, 7) is 1.42. The van der Waals surface area contributed by atoms with E-state index in [1.54, 1.807) is 0 Å². The maximum absolute atomic E-state index is 9.57. The average molecular weight is 204 g/mol. The predicted octanol–water partition coefficient (Wildman–Crippen LogP) is -0.963. The van der Waals surface area contributed by atoms with Crippen molar-refractivity contribution in [3.8, 4) is 0 Å². The van der Waals surface area contributed by atoms with Crippen LogP contribution < -0.4 is 5.73 Å². The van der Waals surface area contributed by atoms with Gasteiger partial charge in [-0.3, -0.25) is 4.79 Å². The third kappa shape index (κ3) is 6.30. The Kier molecular flexibility index (Phi) is 6.57. The third-order valence-electron chi connectivity index (χ3n) is 0.390. The SMILES string of the molecule is C[C@H](N)C(=O)O.[In]. The Bertz CT molecular complexity index is 64.0. The molecule has 7 heavy (non-hydrogen) atoms. The topological polar surface area (TPSA) is 63.3 Å². The minimum Gasteiger partial charge on any atom is -0.480 e. The number of carbonyl (C=O) groups is 1. The summed E-state index contributed by atoms with van der Waals surface area (Å²) < 4.78 is 0. The van der Waals surface area contributed by atoms with E-state index >= 15 is 0 Å². The number of carboxylic acids is 1. The molecule has 0 saturated carbocycles. The number of hydrogen-bond acceptors (Lipinski definition) is 2. The fourth-order valence-corrected chi connectivity index (χ4v) is 0. The molecule has 0 amide bonds. The van der Waals surface area contributed by atoms with Gasteiger partial charge in [-0.15, -0.1) is 0 Å². The quantitative estimate of drug-likeness (QED) is 0.577. The monoisotopic (exact) mass is 204 g/mol. The second kappa shape index (κ2) is 4.46. The minimum absolute atomic E-state index is 0. The van der Waals surface area contributed by atoms with Gasteiger partial charge in [-0.1, -0.05) is 0 Å². The fraction of sp³-hybridized carbons (Fsp3) is 0.667. The number of carboxylic acid groups (broad SMARTS) is 1. The molecule has 0 bridgehead atoms. The summed E-state index contributed by atoms with van der Waals surface area (Å²) in [5, 5.41) is 7.87. The molecule has 3 N–H and O–H groups in total. The molecular weight excluding hydrogens is 197 g/mol. The number of aliphatic carboxylic acids is 1. The molecule has 0 unspecified atom stereocenters. The Labute approximate surface area is 60.7 Å². The molecule has 39 valence electrons. The van der Waals surface area contributed by atoms with Crippen LogP contribution in [-0.4, -0.2) is 43.0 Å². The van der Waals surface area contributed by atoms with E-state index in [0.717, 1.165) is 0 Å². The van der Waals surface area contributed by atoms with Crippen molar-refractivity contribution in [2.45, 2.75) is 13.0 Å². The van der Waals surface area contributed by atoms with Crippen LogP contribution in [0.15, 0.2) is 0 Å². The van der Waals surface area contributed by atoms with Gasteiger partial charge in [0.1, 0.15) is 6.04 Å². The van der Waals surface area contributed by atoms with Gasteiger partial charge in [0, 0.05) is 25.8 Å². The Morgan fingerprint density at radius 2 is 2.00 bits per heavy atom. The van der Waals surface area contributed by atoms with E-state index in [1.165, 1.54) is 6.92 Å². The second-order valence-electron chi connectivity index (χ2n) is 1.13. The molecule has 3 nitrogen and oxygen atoms in total. The third-order valence-corrected chi connectivity index (χ3v) is 0.390. The summed E-state index contributed by atoms with van der Waals surface area (Å²) in [7, 11) is 0. The number of hydrogen-bond donors (Lipinski definition) is 2. The van der Waals surface area contributed by atoms with Crippen molar-refractivity contribution in [3.05, 3.63) is 0 Å². The molecule has 0 spiro atoms. The van der Waals surface area contributed by atoms with E-state index in [-0.39, 0.29) is 25.8 Å². The van der Waals surface area contributed by atoms with Crippen molar-refractivity contribution in [2.75, 3.05) is 0 Å². The van der Waals surface area contributed by atoms with Crippen LogP contribution in [0.2, 0.25) is 0 Å². The molecule has 0 aliphatic heterocycles. The first kappa shape index (κ1) is 10.3. The molecule has 1 atom stereocenters. The first-order chi connectivity index (χ1) is 2.64. The maximum Gasteiger partial charge on any atom is 0.320 e. The van der Waals surface area contributed by atoms with Crippen molar-refractivity contribution in [1.82, 2.24) is 0 Å². The van der Waals surface area contributed by atoms with Gasteiger partial charge in [-0.2, -0.15) is 0 Å². The van der Waals surface area contributed by atoms with Gasteiger partial charge in [0.25, 0.3) is 0 Å². The van der Waals surface area contributed by atoms with Crippen LogP contribution in [0.1, 0.15) is 6.92 Å². The van der Waals surface area contributed by atoms with Crippen LogP contribution in [0.3, 0.4) is 0 Å². The normalized spacial score (nSPS) is 11.7. The zero-order valence-corrected chi connectivity index (χ0v) is 7.38. The van der Waals surface area contributed by atoms with E-state index in [4.69, 9.17) is 10.8 Å². The molecule has 0 aliphatic rings. The largest absolute Gasteiger partial charge is 0.480 e. The van der Waals surface area contributed by atoms with Gasteiger partial charge >= 0.3 is 5.97 Å². The summed E-state index contributed by atoms with van der Waals surface area (Å²) in [5.74, 6) is -0.963. The molecule has 4 heteroatoms. The van der Waals surface area contributed by atoms with Crippen molar-refractivity contribution in [3.63, 3.8) is 0 Å². The van der Waals surface area contributed by atoms with Gasteiger partial charge in [0.15, 0.2) is 0 Å². The van der Waals surface area contributed by atoms with E-state index in [2.05, 4.69) is 0 Å². The van der Waals surface area contributed by atoms with Crippen LogP contribution in [0.4, 0.5) is 0 Å². The van der Waals surface area contributed by atoms with Crippen molar-refractivity contribution in [2.24, 2.45) is 5.73 Å². The standard InChI is InChI=1S/C3H7NO2.In/c1-2(4)3(5)6;/h2H,4H2,1H3,(H,5,6);/t2-;/m0./s1. The first-order valence-electron chi connectivity index (χ1n) is 1.63. The van der Waals surface area contributed by atoms with Crippen molar-refractivity contribution < 1.29 is 9.90 Å². The smallest absolute Gasteiger partial charge is 0.320 e. The van der Waals surface area contributed by atoms with Gasteiger partial charge < -0.3 is 10.8 Å². The van der Waals surface area contributed by atoms with Crippen LogP contribution in [0, 0.1) is 0 Å². The fourth-order valence-electron chi connectivity index (χ4n) is 0. The molecule has 0 saturated heterocycles. The minimum atomic E-state index is -0.963. The van der Waals surface area contributed by atoms with E-state index in [9.17, 15) is 4.79 Å². The molecule has 0 aromatic carbocycles. The number of nitrogens with two attached hydrogens (primary N) is 1. The van der Waals surface area contributed by atoms with Crippen LogP contribution in [0.5, 0.6) is 0 Å². The van der Waals surface area contributed by atoms with Crippen LogP contribution in [-0.2, 0) is 4.79 Å². The van der Waals surface area contributed by atoms with Gasteiger partial charge in [-0.05, 0) is 6.92 Å². The van der Waals surface area contributed by atoms with E-state index in [0.29, 0.717) is 0 Å². The van der Waals surface area contributed by atoms with Crippen molar-refractivity contribution >= 4 is 31.8 Å². The average Bonchev–Trinajstić information content (AvgIpc) is 1.36. The summed E-state index contributed by atoms with van der Waals surface area (Å²) in [6.07, 6.45) is 0. The summed E-state index contributed by atoms with van der Waals surface area (Å²) in [4.78, 5) is 9.57. The first-order valence-corrected chi connectivity index (χ1v) is 1.63. The molecule has 0 aromatic heterocycles. The molecule has 3 radical (unpaired) electrons. The maximum atomic E-state index is 9.57. The summed E-state index contributed by atoms with van der Waals surface area (Å²) in [6, 6.07) is -0.731. The molecule has 0 fully saturated rings. The predicted molar refractivity (Wildman–Crippen MR) is 27.0 cm³/mol. The Hall–Kier alpha value is 0.300. The summed E-state index contributed by atoms with van der Waals surface area (Å²) in [5.41, 5.74) is 4.84. The second-order valence-corrected chi connectivity index (χ2v) is 1.13. The zero-order valence-electron chi connectivity index (χ0n) is 4.09. The molecule has 0 aliphatic carbocycles. The van der Waals surface area contributed by atoms with Gasteiger partial charge in [0.05, 0.1) is 0 Å². The Balaban J connectivity index is 0. The van der Waals surface area contributed by atoms with Crippen molar-refractivity contribution in [1.29, 1.82) is 0 Å². The van der Waals surface area contributed by atoms with E-state index < -0.39 is 12.0 Å². The molecular formula is C3H7InNO2. The van der Waals surface area contributed by atoms with Crippen LogP contribution in [0.25, 0.3) is 0 Å².